The van der Waals surface area contributed by atoms with Crippen LogP contribution in [0.3, 0.4) is 0 Å². The van der Waals surface area contributed by atoms with Crippen molar-refractivity contribution in [3.05, 3.63) is 65.3 Å². The van der Waals surface area contributed by atoms with Gasteiger partial charge in [-0.1, -0.05) is 11.6 Å². The second kappa shape index (κ2) is 5.91. The van der Waals surface area contributed by atoms with Gasteiger partial charge in [-0.05, 0) is 54.6 Å². The number of carboxylic acids is 1. The van der Waals surface area contributed by atoms with Gasteiger partial charge in [-0.15, -0.1) is 0 Å². The number of H-pyrrole nitrogens is 1. The standard InChI is InChI=1S/C16H11ClN2O3/c17-11-3-7-13(8-4-11)22-12-5-1-10(2-6-12)14-9-15(16(20)21)19-18-14/h1-9H,(H,18,19)(H,20,21). The van der Waals surface area contributed by atoms with Crippen molar-refractivity contribution in [2.75, 3.05) is 0 Å². The molecule has 0 atom stereocenters. The van der Waals surface area contributed by atoms with Gasteiger partial charge in [-0.2, -0.15) is 5.10 Å². The van der Waals surface area contributed by atoms with Crippen LogP contribution in [0, 0.1) is 0 Å². The number of rotatable bonds is 4. The quantitative estimate of drug-likeness (QED) is 0.756. The molecule has 0 amide bonds. The molecule has 3 rings (SSSR count). The fourth-order valence-corrected chi connectivity index (χ4v) is 2.04. The Kier molecular flexibility index (Phi) is 3.80. The van der Waals surface area contributed by atoms with E-state index in [4.69, 9.17) is 21.4 Å². The van der Waals surface area contributed by atoms with Crippen molar-refractivity contribution in [1.82, 2.24) is 10.2 Å². The summed E-state index contributed by atoms with van der Waals surface area (Å²) < 4.78 is 5.69. The van der Waals surface area contributed by atoms with E-state index in [1.807, 2.05) is 12.1 Å². The van der Waals surface area contributed by atoms with Gasteiger partial charge < -0.3 is 9.84 Å². The summed E-state index contributed by atoms with van der Waals surface area (Å²) in [6.07, 6.45) is 0. The second-order valence-electron chi connectivity index (χ2n) is 4.55. The maximum absolute atomic E-state index is 10.8. The van der Waals surface area contributed by atoms with Crippen molar-refractivity contribution in [3.63, 3.8) is 0 Å². The molecule has 110 valence electrons. The Morgan fingerprint density at radius 3 is 2.18 bits per heavy atom. The zero-order valence-corrected chi connectivity index (χ0v) is 12.0. The van der Waals surface area contributed by atoms with Crippen LogP contribution in [0.1, 0.15) is 10.5 Å². The van der Waals surface area contributed by atoms with Crippen molar-refractivity contribution < 1.29 is 14.6 Å². The number of carboxylic acid groups (broad SMARTS) is 1. The first-order chi connectivity index (χ1) is 10.6. The summed E-state index contributed by atoms with van der Waals surface area (Å²) in [4.78, 5) is 10.8. The Bertz CT molecular complexity index is 795. The molecule has 22 heavy (non-hydrogen) atoms. The van der Waals surface area contributed by atoms with Gasteiger partial charge in [0.05, 0.1) is 5.69 Å². The van der Waals surface area contributed by atoms with E-state index in [0.717, 1.165) is 5.56 Å². The number of nitrogens with zero attached hydrogens (tertiary/aromatic N) is 1. The monoisotopic (exact) mass is 314 g/mol. The molecule has 0 saturated heterocycles. The van der Waals surface area contributed by atoms with Crippen LogP contribution in [0.5, 0.6) is 11.5 Å². The summed E-state index contributed by atoms with van der Waals surface area (Å²) in [7, 11) is 0. The molecule has 2 N–H and O–H groups in total. The normalized spacial score (nSPS) is 10.4. The number of aromatic nitrogens is 2. The third-order valence-electron chi connectivity index (χ3n) is 3.01. The van der Waals surface area contributed by atoms with E-state index in [0.29, 0.717) is 22.2 Å². The lowest BCUT2D eigenvalue weighted by atomic mass is 10.1. The summed E-state index contributed by atoms with van der Waals surface area (Å²) in [5.41, 5.74) is 1.42. The molecule has 0 aliphatic rings. The summed E-state index contributed by atoms with van der Waals surface area (Å²) >= 11 is 5.82. The molecule has 6 heteroatoms. The van der Waals surface area contributed by atoms with E-state index in [9.17, 15) is 4.79 Å². The summed E-state index contributed by atoms with van der Waals surface area (Å²) in [6.45, 7) is 0. The molecule has 1 aromatic heterocycles. The molecule has 0 aliphatic heterocycles. The van der Waals surface area contributed by atoms with Crippen LogP contribution >= 0.6 is 11.6 Å². The van der Waals surface area contributed by atoms with Gasteiger partial charge in [-0.3, -0.25) is 5.10 Å². The van der Waals surface area contributed by atoms with Crippen molar-refractivity contribution in [3.8, 4) is 22.8 Å². The first-order valence-corrected chi connectivity index (χ1v) is 6.82. The van der Waals surface area contributed by atoms with Gasteiger partial charge in [0.1, 0.15) is 17.2 Å². The largest absolute Gasteiger partial charge is 0.477 e. The lowest BCUT2D eigenvalue weighted by Crippen LogP contribution is -1.95. The van der Waals surface area contributed by atoms with Crippen molar-refractivity contribution in [1.29, 1.82) is 0 Å². The van der Waals surface area contributed by atoms with E-state index in [2.05, 4.69) is 10.2 Å². The molecular formula is C16H11ClN2O3. The molecule has 0 bridgehead atoms. The molecule has 1 heterocycles. The first-order valence-electron chi connectivity index (χ1n) is 6.44. The Hall–Kier alpha value is -2.79. The molecule has 0 unspecified atom stereocenters. The number of halogens is 1. The Morgan fingerprint density at radius 1 is 1.05 bits per heavy atom. The van der Waals surface area contributed by atoms with Gasteiger partial charge in [0.15, 0.2) is 0 Å². The van der Waals surface area contributed by atoms with Gasteiger partial charge in [0.25, 0.3) is 0 Å². The Morgan fingerprint density at radius 2 is 1.64 bits per heavy atom. The number of nitrogens with one attached hydrogen (secondary N) is 1. The SMILES string of the molecule is O=C(O)c1cc(-c2ccc(Oc3ccc(Cl)cc3)cc2)n[nH]1. The maximum atomic E-state index is 10.8. The lowest BCUT2D eigenvalue weighted by molar-refractivity contribution is 0.0690. The van der Waals surface area contributed by atoms with Crippen molar-refractivity contribution >= 4 is 17.6 Å². The molecule has 0 spiro atoms. The molecule has 3 aromatic rings. The average Bonchev–Trinajstić information content (AvgIpc) is 3.00. The molecule has 5 nitrogen and oxygen atoms in total. The predicted octanol–water partition coefficient (Wildman–Crippen LogP) is 4.22. The molecule has 0 aliphatic carbocycles. The average molecular weight is 315 g/mol. The third kappa shape index (κ3) is 3.10. The zero-order valence-electron chi connectivity index (χ0n) is 11.3. The molecule has 0 radical (unpaired) electrons. The smallest absolute Gasteiger partial charge is 0.353 e. The fraction of sp³-hybridized carbons (Fsp3) is 0. The third-order valence-corrected chi connectivity index (χ3v) is 3.26. The van der Waals surface area contributed by atoms with E-state index in [1.165, 1.54) is 6.07 Å². The Labute approximate surface area is 131 Å². The van der Waals surface area contributed by atoms with Crippen LogP contribution in [-0.4, -0.2) is 21.3 Å². The van der Waals surface area contributed by atoms with E-state index in [-0.39, 0.29) is 5.69 Å². The van der Waals surface area contributed by atoms with Crippen molar-refractivity contribution in [2.45, 2.75) is 0 Å². The number of hydrogen-bond donors (Lipinski definition) is 2. The Balaban J connectivity index is 1.77. The van der Waals surface area contributed by atoms with E-state index >= 15 is 0 Å². The highest BCUT2D eigenvalue weighted by Crippen LogP contribution is 2.26. The predicted molar refractivity (Wildman–Crippen MR) is 82.5 cm³/mol. The molecule has 0 fully saturated rings. The topological polar surface area (TPSA) is 75.2 Å². The number of carbonyl (C=O) groups is 1. The minimum absolute atomic E-state index is 0.0523. The van der Waals surface area contributed by atoms with Gasteiger partial charge in [0, 0.05) is 10.6 Å². The van der Waals surface area contributed by atoms with Crippen LogP contribution < -0.4 is 4.74 Å². The van der Waals surface area contributed by atoms with Gasteiger partial charge in [0.2, 0.25) is 0 Å². The number of hydrogen-bond acceptors (Lipinski definition) is 3. The zero-order chi connectivity index (χ0) is 15.5. The lowest BCUT2D eigenvalue weighted by Gasteiger charge is -2.06. The minimum atomic E-state index is -1.04. The van der Waals surface area contributed by atoms with E-state index in [1.54, 1.807) is 36.4 Å². The summed E-state index contributed by atoms with van der Waals surface area (Å²) in [5, 5.41) is 16.0. The highest BCUT2D eigenvalue weighted by Gasteiger charge is 2.09. The van der Waals surface area contributed by atoms with Gasteiger partial charge >= 0.3 is 5.97 Å². The minimum Gasteiger partial charge on any atom is -0.477 e. The van der Waals surface area contributed by atoms with Crippen LogP contribution in [0.25, 0.3) is 11.3 Å². The highest BCUT2D eigenvalue weighted by atomic mass is 35.5. The molecule has 2 aromatic carbocycles. The van der Waals surface area contributed by atoms with Crippen molar-refractivity contribution in [2.24, 2.45) is 0 Å². The van der Waals surface area contributed by atoms with Crippen LogP contribution in [0.2, 0.25) is 5.02 Å². The van der Waals surface area contributed by atoms with Crippen LogP contribution in [0.15, 0.2) is 54.6 Å². The number of aromatic carboxylic acids is 1. The molecular weight excluding hydrogens is 304 g/mol. The number of aromatic amines is 1. The fourth-order valence-electron chi connectivity index (χ4n) is 1.91. The summed E-state index contributed by atoms with van der Waals surface area (Å²) in [5.74, 6) is 0.312. The first kappa shape index (κ1) is 14.2. The summed E-state index contributed by atoms with van der Waals surface area (Å²) in [6, 6.07) is 15.8. The van der Waals surface area contributed by atoms with Gasteiger partial charge in [-0.25, -0.2) is 4.79 Å². The van der Waals surface area contributed by atoms with E-state index < -0.39 is 5.97 Å². The number of benzene rings is 2. The number of ether oxygens (including phenoxy) is 1. The van der Waals surface area contributed by atoms with Crippen LogP contribution in [0.4, 0.5) is 0 Å². The second-order valence-corrected chi connectivity index (χ2v) is 4.99. The molecule has 0 saturated carbocycles. The highest BCUT2D eigenvalue weighted by molar-refractivity contribution is 6.30. The maximum Gasteiger partial charge on any atom is 0.353 e. The van der Waals surface area contributed by atoms with Crippen LogP contribution in [-0.2, 0) is 0 Å².